The molecule has 1 amide bonds. The van der Waals surface area contributed by atoms with Crippen LogP contribution in [0.1, 0.15) is 12.0 Å². The van der Waals surface area contributed by atoms with Crippen molar-refractivity contribution in [2.45, 2.75) is 25.2 Å². The molecule has 1 saturated heterocycles. The third-order valence-corrected chi connectivity index (χ3v) is 3.73. The van der Waals surface area contributed by atoms with Crippen LogP contribution in [0.3, 0.4) is 0 Å². The van der Waals surface area contributed by atoms with E-state index in [0.717, 1.165) is 9.99 Å². The maximum Gasteiger partial charge on any atom is 0.408 e. The van der Waals surface area contributed by atoms with E-state index in [1.807, 2.05) is 30.3 Å². The van der Waals surface area contributed by atoms with Crippen molar-refractivity contribution in [3.63, 3.8) is 0 Å². The highest BCUT2D eigenvalue weighted by molar-refractivity contribution is 14.1. The van der Waals surface area contributed by atoms with E-state index in [2.05, 4.69) is 27.9 Å². The van der Waals surface area contributed by atoms with Gasteiger partial charge in [0.05, 0.1) is 0 Å². The topological polar surface area (TPSA) is 64.6 Å². The van der Waals surface area contributed by atoms with Crippen molar-refractivity contribution in [1.29, 1.82) is 0 Å². The molecule has 0 spiro atoms. The van der Waals surface area contributed by atoms with Gasteiger partial charge in [-0.2, -0.15) is 0 Å². The molecule has 1 heterocycles. The Hall–Kier alpha value is -1.31. The van der Waals surface area contributed by atoms with E-state index >= 15 is 0 Å². The van der Waals surface area contributed by atoms with Crippen LogP contribution in [0, 0.1) is 0 Å². The van der Waals surface area contributed by atoms with Crippen molar-refractivity contribution < 1.29 is 19.1 Å². The standard InChI is InChI=1S/C13H14INO4/c14-7-10-6-11(12(16)19-10)15-13(17)18-8-9-4-2-1-3-5-9/h1-5,10-11H,6-8H2,(H,15,17)/t10-,11+/m0/s1. The second kappa shape index (κ2) is 6.74. The number of rotatable bonds is 4. The van der Waals surface area contributed by atoms with Gasteiger partial charge in [-0.1, -0.05) is 52.9 Å². The number of benzene rings is 1. The maximum atomic E-state index is 11.6. The third kappa shape index (κ3) is 4.09. The quantitative estimate of drug-likeness (QED) is 0.497. The predicted molar refractivity (Wildman–Crippen MR) is 76.9 cm³/mol. The molecule has 1 aliphatic heterocycles. The molecular formula is C13H14INO4. The number of halogens is 1. The molecule has 1 aromatic carbocycles. The SMILES string of the molecule is O=C(N[C@@H]1C[C@@H](CI)OC1=O)OCc1ccccc1. The minimum atomic E-state index is -0.597. The summed E-state index contributed by atoms with van der Waals surface area (Å²) in [5, 5.41) is 2.52. The average Bonchev–Trinajstić information content (AvgIpc) is 2.78. The molecule has 0 saturated carbocycles. The number of cyclic esters (lactones) is 1. The molecule has 2 rings (SSSR count). The molecule has 19 heavy (non-hydrogen) atoms. The molecule has 102 valence electrons. The van der Waals surface area contributed by atoms with Crippen molar-refractivity contribution in [1.82, 2.24) is 5.32 Å². The summed E-state index contributed by atoms with van der Waals surface area (Å²) in [7, 11) is 0. The monoisotopic (exact) mass is 375 g/mol. The minimum absolute atomic E-state index is 0.118. The van der Waals surface area contributed by atoms with Gasteiger partial charge < -0.3 is 14.8 Å². The van der Waals surface area contributed by atoms with E-state index in [9.17, 15) is 9.59 Å². The van der Waals surface area contributed by atoms with Crippen LogP contribution in [0.5, 0.6) is 0 Å². The molecule has 1 N–H and O–H groups in total. The van der Waals surface area contributed by atoms with Gasteiger partial charge in [0.15, 0.2) is 0 Å². The number of carbonyl (C=O) groups excluding carboxylic acids is 2. The molecule has 1 aromatic rings. The number of esters is 1. The summed E-state index contributed by atoms with van der Waals surface area (Å²) in [4.78, 5) is 23.0. The number of nitrogens with one attached hydrogen (secondary N) is 1. The molecule has 0 bridgehead atoms. The average molecular weight is 375 g/mol. The molecule has 0 aliphatic carbocycles. The zero-order chi connectivity index (χ0) is 13.7. The Morgan fingerprint density at radius 3 is 2.79 bits per heavy atom. The highest BCUT2D eigenvalue weighted by Gasteiger charge is 2.35. The van der Waals surface area contributed by atoms with Crippen LogP contribution in [0.2, 0.25) is 0 Å². The Kier molecular flexibility index (Phi) is 5.00. The van der Waals surface area contributed by atoms with Crippen LogP contribution in [0.25, 0.3) is 0 Å². The lowest BCUT2D eigenvalue weighted by Crippen LogP contribution is -2.38. The normalized spacial score (nSPS) is 21.8. The van der Waals surface area contributed by atoms with E-state index < -0.39 is 18.1 Å². The van der Waals surface area contributed by atoms with E-state index in [1.165, 1.54) is 0 Å². The van der Waals surface area contributed by atoms with Crippen molar-refractivity contribution in [3.8, 4) is 0 Å². The zero-order valence-corrected chi connectivity index (χ0v) is 12.3. The van der Waals surface area contributed by atoms with Gasteiger partial charge in [0.1, 0.15) is 18.8 Å². The van der Waals surface area contributed by atoms with E-state index in [1.54, 1.807) is 0 Å². The number of alkyl halides is 1. The smallest absolute Gasteiger partial charge is 0.408 e. The van der Waals surface area contributed by atoms with Gasteiger partial charge in [0, 0.05) is 10.8 Å². The second-order valence-electron chi connectivity index (χ2n) is 4.21. The first kappa shape index (κ1) is 14.1. The van der Waals surface area contributed by atoms with Gasteiger partial charge >= 0.3 is 12.1 Å². The van der Waals surface area contributed by atoms with Crippen LogP contribution in [-0.2, 0) is 20.9 Å². The molecule has 1 aliphatic rings. The maximum absolute atomic E-state index is 11.6. The molecule has 6 heteroatoms. The zero-order valence-electron chi connectivity index (χ0n) is 10.2. The Balaban J connectivity index is 1.77. The Labute approximate surface area is 124 Å². The van der Waals surface area contributed by atoms with Crippen molar-refractivity contribution in [2.24, 2.45) is 0 Å². The van der Waals surface area contributed by atoms with Gasteiger partial charge in [-0.3, -0.25) is 0 Å². The van der Waals surface area contributed by atoms with Gasteiger partial charge in [-0.15, -0.1) is 0 Å². The van der Waals surface area contributed by atoms with E-state index in [0.29, 0.717) is 6.42 Å². The first-order valence-corrected chi connectivity index (χ1v) is 7.45. The first-order valence-electron chi connectivity index (χ1n) is 5.92. The minimum Gasteiger partial charge on any atom is -0.460 e. The number of carbonyl (C=O) groups is 2. The molecule has 0 aromatic heterocycles. The number of amides is 1. The van der Waals surface area contributed by atoms with E-state index in [4.69, 9.17) is 9.47 Å². The van der Waals surface area contributed by atoms with Crippen molar-refractivity contribution >= 4 is 34.7 Å². The Bertz CT molecular complexity index is 451. The van der Waals surface area contributed by atoms with Crippen LogP contribution in [0.4, 0.5) is 4.79 Å². The van der Waals surface area contributed by atoms with Gasteiger partial charge in [-0.25, -0.2) is 9.59 Å². The molecule has 0 unspecified atom stereocenters. The summed E-state index contributed by atoms with van der Waals surface area (Å²) >= 11 is 2.15. The van der Waals surface area contributed by atoms with Crippen molar-refractivity contribution in [3.05, 3.63) is 35.9 Å². The highest BCUT2D eigenvalue weighted by atomic mass is 127. The number of alkyl carbamates (subject to hydrolysis) is 1. The van der Waals surface area contributed by atoms with Crippen LogP contribution >= 0.6 is 22.6 Å². The van der Waals surface area contributed by atoms with Crippen LogP contribution in [-0.4, -0.2) is 28.6 Å². The fourth-order valence-electron chi connectivity index (χ4n) is 1.77. The Morgan fingerprint density at radius 2 is 2.16 bits per heavy atom. The summed E-state index contributed by atoms with van der Waals surface area (Å²) in [5.74, 6) is -0.390. The number of hydrogen-bond acceptors (Lipinski definition) is 4. The molecule has 2 atom stereocenters. The molecular weight excluding hydrogens is 361 g/mol. The number of ether oxygens (including phenoxy) is 2. The molecule has 5 nitrogen and oxygen atoms in total. The largest absolute Gasteiger partial charge is 0.460 e. The van der Waals surface area contributed by atoms with E-state index in [-0.39, 0.29) is 12.7 Å². The highest BCUT2D eigenvalue weighted by Crippen LogP contribution is 2.17. The van der Waals surface area contributed by atoms with Crippen molar-refractivity contribution in [2.75, 3.05) is 4.43 Å². The lowest BCUT2D eigenvalue weighted by molar-refractivity contribution is -0.142. The van der Waals surface area contributed by atoms with Crippen LogP contribution in [0.15, 0.2) is 30.3 Å². The third-order valence-electron chi connectivity index (χ3n) is 2.74. The second-order valence-corrected chi connectivity index (χ2v) is 5.09. The lowest BCUT2D eigenvalue weighted by Gasteiger charge is -2.09. The lowest BCUT2D eigenvalue weighted by atomic mass is 10.2. The summed E-state index contributed by atoms with van der Waals surface area (Å²) in [5.41, 5.74) is 0.900. The predicted octanol–water partition coefficient (Wildman–Crippen LogP) is 2.03. The fraction of sp³-hybridized carbons (Fsp3) is 0.385. The summed E-state index contributed by atoms with van der Waals surface area (Å²) < 4.78 is 10.8. The van der Waals surface area contributed by atoms with Gasteiger partial charge in [0.25, 0.3) is 0 Å². The van der Waals surface area contributed by atoms with Gasteiger partial charge in [-0.05, 0) is 5.56 Å². The van der Waals surface area contributed by atoms with Crippen LogP contribution < -0.4 is 5.32 Å². The summed E-state index contributed by atoms with van der Waals surface area (Å²) in [6.45, 7) is 0.185. The summed E-state index contributed by atoms with van der Waals surface area (Å²) in [6.07, 6.45) is -0.213. The fourth-order valence-corrected chi connectivity index (χ4v) is 2.31. The van der Waals surface area contributed by atoms with Gasteiger partial charge in [0.2, 0.25) is 0 Å². The molecule has 0 radical (unpaired) electrons. The summed E-state index contributed by atoms with van der Waals surface area (Å²) in [6, 6.07) is 8.77. The Morgan fingerprint density at radius 1 is 1.42 bits per heavy atom. The number of hydrogen-bond donors (Lipinski definition) is 1. The molecule has 1 fully saturated rings. The first-order chi connectivity index (χ1) is 9.19.